The first-order valence-electron chi connectivity index (χ1n) is 5.21. The summed E-state index contributed by atoms with van der Waals surface area (Å²) in [6, 6.07) is 0.306. The summed E-state index contributed by atoms with van der Waals surface area (Å²) >= 11 is 0. The smallest absolute Gasteiger partial charge is 0.191 e. The summed E-state index contributed by atoms with van der Waals surface area (Å²) in [5.74, 6) is 1.55. The zero-order chi connectivity index (χ0) is 9.84. The molecule has 0 spiro atoms. The number of guanidine groups is 1. The highest BCUT2D eigenvalue weighted by atomic mass is 15.3. The molecule has 13 heavy (non-hydrogen) atoms. The van der Waals surface area contributed by atoms with Crippen LogP contribution in [0.25, 0.3) is 0 Å². The molecule has 1 rings (SSSR count). The minimum atomic E-state index is 0.306. The summed E-state index contributed by atoms with van der Waals surface area (Å²) in [5, 5.41) is 0. The third kappa shape index (κ3) is 2.90. The SMILES string of the molecule is CCC1CCN(C(N)=NC(C)C)C1. The molecule has 1 unspecified atom stereocenters. The Morgan fingerprint density at radius 2 is 2.31 bits per heavy atom. The van der Waals surface area contributed by atoms with E-state index in [4.69, 9.17) is 5.73 Å². The van der Waals surface area contributed by atoms with Gasteiger partial charge in [0.05, 0.1) is 0 Å². The standard InChI is InChI=1S/C10H21N3/c1-4-9-5-6-13(7-9)10(11)12-8(2)3/h8-9H,4-7H2,1-3H3,(H2,11,12). The summed E-state index contributed by atoms with van der Waals surface area (Å²) in [4.78, 5) is 6.55. The van der Waals surface area contributed by atoms with Gasteiger partial charge in [-0.05, 0) is 26.2 Å². The van der Waals surface area contributed by atoms with E-state index < -0.39 is 0 Å². The van der Waals surface area contributed by atoms with Crippen molar-refractivity contribution in [2.45, 2.75) is 39.7 Å². The first kappa shape index (κ1) is 10.4. The minimum Gasteiger partial charge on any atom is -0.370 e. The molecule has 76 valence electrons. The van der Waals surface area contributed by atoms with Gasteiger partial charge in [0.1, 0.15) is 0 Å². The maximum atomic E-state index is 5.87. The maximum absolute atomic E-state index is 5.87. The molecule has 0 bridgehead atoms. The molecule has 1 aliphatic rings. The van der Waals surface area contributed by atoms with Gasteiger partial charge in [0.25, 0.3) is 0 Å². The molecule has 2 N–H and O–H groups in total. The summed E-state index contributed by atoms with van der Waals surface area (Å²) in [6.45, 7) is 8.53. The van der Waals surface area contributed by atoms with E-state index in [-0.39, 0.29) is 0 Å². The minimum absolute atomic E-state index is 0.306. The van der Waals surface area contributed by atoms with E-state index in [0.717, 1.165) is 25.0 Å². The molecule has 0 aliphatic carbocycles. The molecule has 0 saturated carbocycles. The number of likely N-dealkylation sites (tertiary alicyclic amines) is 1. The van der Waals surface area contributed by atoms with Crippen LogP contribution in [-0.2, 0) is 0 Å². The normalized spacial score (nSPS) is 24.5. The van der Waals surface area contributed by atoms with Crippen LogP contribution in [0.1, 0.15) is 33.6 Å². The van der Waals surface area contributed by atoms with E-state index in [2.05, 4.69) is 30.7 Å². The van der Waals surface area contributed by atoms with Gasteiger partial charge < -0.3 is 10.6 Å². The predicted molar refractivity (Wildman–Crippen MR) is 56.7 cm³/mol. The van der Waals surface area contributed by atoms with Gasteiger partial charge in [0.15, 0.2) is 5.96 Å². The quantitative estimate of drug-likeness (QED) is 0.520. The molecule has 1 atom stereocenters. The van der Waals surface area contributed by atoms with E-state index >= 15 is 0 Å². The van der Waals surface area contributed by atoms with Crippen LogP contribution in [0.4, 0.5) is 0 Å². The molecule has 0 radical (unpaired) electrons. The molecule has 1 aliphatic heterocycles. The lowest BCUT2D eigenvalue weighted by Gasteiger charge is -2.17. The Morgan fingerprint density at radius 3 is 2.77 bits per heavy atom. The number of aliphatic imine (C=N–C) groups is 1. The molecule has 0 amide bonds. The fourth-order valence-electron chi connectivity index (χ4n) is 1.72. The molecule has 1 fully saturated rings. The Morgan fingerprint density at radius 1 is 1.62 bits per heavy atom. The second-order valence-corrected chi connectivity index (χ2v) is 4.09. The Hall–Kier alpha value is -0.730. The van der Waals surface area contributed by atoms with Crippen molar-refractivity contribution in [3.05, 3.63) is 0 Å². The molecular formula is C10H21N3. The fourth-order valence-corrected chi connectivity index (χ4v) is 1.72. The van der Waals surface area contributed by atoms with Crippen molar-refractivity contribution >= 4 is 5.96 Å². The van der Waals surface area contributed by atoms with Gasteiger partial charge in [-0.3, -0.25) is 4.99 Å². The Balaban J connectivity index is 2.46. The van der Waals surface area contributed by atoms with Gasteiger partial charge in [-0.15, -0.1) is 0 Å². The van der Waals surface area contributed by atoms with Crippen molar-refractivity contribution in [2.75, 3.05) is 13.1 Å². The highest BCUT2D eigenvalue weighted by molar-refractivity contribution is 5.78. The van der Waals surface area contributed by atoms with E-state index in [9.17, 15) is 0 Å². The van der Waals surface area contributed by atoms with E-state index in [0.29, 0.717) is 6.04 Å². The molecule has 3 nitrogen and oxygen atoms in total. The Labute approximate surface area is 81.0 Å². The lowest BCUT2D eigenvalue weighted by atomic mass is 10.1. The second kappa shape index (κ2) is 4.49. The van der Waals surface area contributed by atoms with Crippen LogP contribution in [0.3, 0.4) is 0 Å². The molecule has 0 aromatic rings. The molecule has 0 aromatic heterocycles. The third-order valence-electron chi connectivity index (χ3n) is 2.58. The van der Waals surface area contributed by atoms with Gasteiger partial charge >= 0.3 is 0 Å². The van der Waals surface area contributed by atoms with Gasteiger partial charge in [0, 0.05) is 19.1 Å². The number of rotatable bonds is 2. The van der Waals surface area contributed by atoms with Crippen LogP contribution in [0.5, 0.6) is 0 Å². The zero-order valence-corrected chi connectivity index (χ0v) is 8.95. The first-order chi connectivity index (χ1) is 6.13. The summed E-state index contributed by atoms with van der Waals surface area (Å²) in [7, 11) is 0. The predicted octanol–water partition coefficient (Wildman–Crippen LogP) is 1.44. The summed E-state index contributed by atoms with van der Waals surface area (Å²) in [5.41, 5.74) is 5.87. The van der Waals surface area contributed by atoms with Crippen molar-refractivity contribution in [3.63, 3.8) is 0 Å². The highest BCUT2D eigenvalue weighted by Gasteiger charge is 2.22. The fraction of sp³-hybridized carbons (Fsp3) is 0.900. The van der Waals surface area contributed by atoms with E-state index in [1.807, 2.05) is 0 Å². The molecule has 1 saturated heterocycles. The van der Waals surface area contributed by atoms with Gasteiger partial charge in [0.2, 0.25) is 0 Å². The molecule has 0 aromatic carbocycles. The van der Waals surface area contributed by atoms with Crippen LogP contribution in [0, 0.1) is 5.92 Å². The largest absolute Gasteiger partial charge is 0.370 e. The van der Waals surface area contributed by atoms with Gasteiger partial charge in [-0.1, -0.05) is 13.3 Å². The van der Waals surface area contributed by atoms with Crippen molar-refractivity contribution in [3.8, 4) is 0 Å². The van der Waals surface area contributed by atoms with Gasteiger partial charge in [-0.25, -0.2) is 0 Å². The van der Waals surface area contributed by atoms with Gasteiger partial charge in [-0.2, -0.15) is 0 Å². The molecule has 3 heteroatoms. The lowest BCUT2D eigenvalue weighted by Crippen LogP contribution is -2.36. The Bertz CT molecular complexity index is 187. The zero-order valence-electron chi connectivity index (χ0n) is 8.95. The third-order valence-corrected chi connectivity index (χ3v) is 2.58. The number of nitrogens with zero attached hydrogens (tertiary/aromatic N) is 2. The maximum Gasteiger partial charge on any atom is 0.191 e. The number of hydrogen-bond acceptors (Lipinski definition) is 1. The topological polar surface area (TPSA) is 41.6 Å². The van der Waals surface area contributed by atoms with Crippen molar-refractivity contribution in [1.82, 2.24) is 4.90 Å². The lowest BCUT2D eigenvalue weighted by molar-refractivity contribution is 0.464. The Kier molecular flexibility index (Phi) is 3.58. The highest BCUT2D eigenvalue weighted by Crippen LogP contribution is 2.18. The van der Waals surface area contributed by atoms with Crippen LogP contribution >= 0.6 is 0 Å². The van der Waals surface area contributed by atoms with Crippen LogP contribution in [0.15, 0.2) is 4.99 Å². The van der Waals surface area contributed by atoms with Crippen molar-refractivity contribution in [1.29, 1.82) is 0 Å². The number of hydrogen-bond donors (Lipinski definition) is 1. The average Bonchev–Trinajstić information content (AvgIpc) is 2.50. The summed E-state index contributed by atoms with van der Waals surface area (Å²) in [6.07, 6.45) is 2.52. The van der Waals surface area contributed by atoms with Crippen LogP contribution < -0.4 is 5.73 Å². The van der Waals surface area contributed by atoms with Crippen molar-refractivity contribution < 1.29 is 0 Å². The first-order valence-corrected chi connectivity index (χ1v) is 5.21. The monoisotopic (exact) mass is 183 g/mol. The molecule has 1 heterocycles. The van der Waals surface area contributed by atoms with Crippen LogP contribution in [0.2, 0.25) is 0 Å². The van der Waals surface area contributed by atoms with Crippen molar-refractivity contribution in [2.24, 2.45) is 16.6 Å². The van der Waals surface area contributed by atoms with E-state index in [1.165, 1.54) is 12.8 Å². The van der Waals surface area contributed by atoms with E-state index in [1.54, 1.807) is 0 Å². The second-order valence-electron chi connectivity index (χ2n) is 4.09. The van der Waals surface area contributed by atoms with Crippen LogP contribution in [-0.4, -0.2) is 30.0 Å². The number of nitrogens with two attached hydrogens (primary N) is 1. The average molecular weight is 183 g/mol. The molecular weight excluding hydrogens is 162 g/mol. The summed E-state index contributed by atoms with van der Waals surface area (Å²) < 4.78 is 0.